The van der Waals surface area contributed by atoms with E-state index >= 15 is 0 Å². The van der Waals surface area contributed by atoms with Crippen molar-refractivity contribution in [2.75, 3.05) is 19.8 Å². The first-order valence-electron chi connectivity index (χ1n) is 8.77. The van der Waals surface area contributed by atoms with E-state index in [2.05, 4.69) is 0 Å². The highest BCUT2D eigenvalue weighted by molar-refractivity contribution is 7.88. The smallest absolute Gasteiger partial charge is 0.218 e. The predicted octanol–water partition coefficient (Wildman–Crippen LogP) is 4.43. The summed E-state index contributed by atoms with van der Waals surface area (Å²) in [6.07, 6.45) is 1.60. The highest BCUT2D eigenvalue weighted by Gasteiger charge is 2.35. The van der Waals surface area contributed by atoms with Gasteiger partial charge in [0.15, 0.2) is 11.5 Å². The van der Waals surface area contributed by atoms with Crippen molar-refractivity contribution in [2.24, 2.45) is 0 Å². The number of ether oxygens (including phenoxy) is 2. The van der Waals surface area contributed by atoms with E-state index in [-0.39, 0.29) is 11.8 Å². The molecule has 1 atom stereocenters. The van der Waals surface area contributed by atoms with Gasteiger partial charge in [-0.2, -0.15) is 4.31 Å². The summed E-state index contributed by atoms with van der Waals surface area (Å²) in [4.78, 5) is 0. The topological polar surface area (TPSA) is 55.8 Å². The van der Waals surface area contributed by atoms with Gasteiger partial charge in [0.05, 0.1) is 15.8 Å². The molecule has 144 valence electrons. The second kappa shape index (κ2) is 7.51. The van der Waals surface area contributed by atoms with Crippen LogP contribution < -0.4 is 9.47 Å². The molecule has 0 spiro atoms. The third-order valence-corrected chi connectivity index (χ3v) is 7.43. The Hall–Kier alpha value is -1.47. The molecule has 1 fully saturated rings. The number of rotatable bonds is 4. The summed E-state index contributed by atoms with van der Waals surface area (Å²) in [7, 11) is -3.50. The number of halogens is 2. The molecule has 0 saturated carbocycles. The van der Waals surface area contributed by atoms with Crippen molar-refractivity contribution in [3.8, 4) is 11.5 Å². The average molecular weight is 428 g/mol. The van der Waals surface area contributed by atoms with Crippen molar-refractivity contribution in [3.05, 3.63) is 57.6 Å². The zero-order chi connectivity index (χ0) is 19.0. The molecule has 2 aromatic rings. The molecule has 8 heteroatoms. The van der Waals surface area contributed by atoms with Gasteiger partial charge in [-0.05, 0) is 48.2 Å². The van der Waals surface area contributed by atoms with Gasteiger partial charge in [0.25, 0.3) is 0 Å². The zero-order valence-electron chi connectivity index (χ0n) is 14.5. The summed E-state index contributed by atoms with van der Waals surface area (Å²) in [5.74, 6) is 1.27. The van der Waals surface area contributed by atoms with Gasteiger partial charge in [0.1, 0.15) is 13.2 Å². The first-order valence-corrected chi connectivity index (χ1v) is 11.1. The third-order valence-electron chi connectivity index (χ3n) is 4.85. The highest BCUT2D eigenvalue weighted by atomic mass is 35.5. The van der Waals surface area contributed by atoms with Gasteiger partial charge >= 0.3 is 0 Å². The van der Waals surface area contributed by atoms with Gasteiger partial charge in [-0.1, -0.05) is 35.3 Å². The first kappa shape index (κ1) is 18.9. The van der Waals surface area contributed by atoms with E-state index < -0.39 is 10.0 Å². The Morgan fingerprint density at radius 2 is 1.78 bits per heavy atom. The fraction of sp³-hybridized carbons (Fsp3) is 0.368. The second-order valence-corrected chi connectivity index (χ2v) is 9.41. The van der Waals surface area contributed by atoms with E-state index in [9.17, 15) is 8.42 Å². The molecule has 0 radical (unpaired) electrons. The van der Waals surface area contributed by atoms with Gasteiger partial charge in [-0.15, -0.1) is 0 Å². The maximum atomic E-state index is 13.1. The van der Waals surface area contributed by atoms with Crippen LogP contribution in [-0.4, -0.2) is 32.5 Å². The van der Waals surface area contributed by atoms with Crippen LogP contribution >= 0.6 is 23.2 Å². The maximum absolute atomic E-state index is 13.1. The van der Waals surface area contributed by atoms with Crippen molar-refractivity contribution >= 4 is 33.2 Å². The summed E-state index contributed by atoms with van der Waals surface area (Å²) in [5, 5.41) is 0.766. The van der Waals surface area contributed by atoms with E-state index in [0.717, 1.165) is 18.4 Å². The second-order valence-electron chi connectivity index (χ2n) is 6.68. The van der Waals surface area contributed by atoms with Crippen LogP contribution in [0.3, 0.4) is 0 Å². The van der Waals surface area contributed by atoms with Crippen LogP contribution in [0.5, 0.6) is 11.5 Å². The van der Waals surface area contributed by atoms with Gasteiger partial charge in [0, 0.05) is 12.6 Å². The molecule has 1 unspecified atom stereocenters. The molecular formula is C19H19Cl2NO4S. The van der Waals surface area contributed by atoms with Crippen LogP contribution in [0.4, 0.5) is 0 Å². The van der Waals surface area contributed by atoms with Crippen molar-refractivity contribution < 1.29 is 17.9 Å². The Bertz CT molecular complexity index is 964. The minimum absolute atomic E-state index is 0.106. The van der Waals surface area contributed by atoms with Crippen LogP contribution in [0.2, 0.25) is 10.0 Å². The van der Waals surface area contributed by atoms with Crippen molar-refractivity contribution in [1.82, 2.24) is 4.31 Å². The quantitative estimate of drug-likeness (QED) is 0.723. The molecule has 4 rings (SSSR count). The van der Waals surface area contributed by atoms with Crippen LogP contribution in [0.1, 0.15) is 30.0 Å². The van der Waals surface area contributed by atoms with Crippen LogP contribution in [0, 0.1) is 0 Å². The SMILES string of the molecule is O=S(=O)(Cc1ccc(Cl)c(Cl)c1)N1CCCC1c1ccc2c(c1)OCCO2. The average Bonchev–Trinajstić information content (AvgIpc) is 3.15. The molecule has 2 heterocycles. The minimum atomic E-state index is -3.50. The third kappa shape index (κ3) is 3.90. The van der Waals surface area contributed by atoms with E-state index in [0.29, 0.717) is 46.9 Å². The largest absolute Gasteiger partial charge is 0.486 e. The molecule has 2 aliphatic rings. The molecule has 5 nitrogen and oxygen atoms in total. The van der Waals surface area contributed by atoms with Crippen LogP contribution in [0.15, 0.2) is 36.4 Å². The lowest BCUT2D eigenvalue weighted by Crippen LogP contribution is -2.31. The Morgan fingerprint density at radius 1 is 1.00 bits per heavy atom. The predicted molar refractivity (Wildman–Crippen MR) is 105 cm³/mol. The maximum Gasteiger partial charge on any atom is 0.218 e. The molecule has 0 aliphatic carbocycles. The Balaban J connectivity index is 1.59. The molecule has 2 aliphatic heterocycles. The summed E-state index contributed by atoms with van der Waals surface area (Å²) >= 11 is 12.0. The Kier molecular flexibility index (Phi) is 5.25. The van der Waals surface area contributed by atoms with E-state index in [1.807, 2.05) is 18.2 Å². The van der Waals surface area contributed by atoms with E-state index in [1.165, 1.54) is 0 Å². The van der Waals surface area contributed by atoms with Gasteiger partial charge < -0.3 is 9.47 Å². The van der Waals surface area contributed by atoms with Gasteiger partial charge in [-0.3, -0.25) is 0 Å². The molecule has 27 heavy (non-hydrogen) atoms. The molecular weight excluding hydrogens is 409 g/mol. The van der Waals surface area contributed by atoms with Gasteiger partial charge in [0.2, 0.25) is 10.0 Å². The lowest BCUT2D eigenvalue weighted by Gasteiger charge is -2.26. The normalized spacial score (nSPS) is 20.0. The summed E-state index contributed by atoms with van der Waals surface area (Å²) in [6.45, 7) is 1.53. The Labute approximate surface area is 168 Å². The highest BCUT2D eigenvalue weighted by Crippen LogP contribution is 2.40. The van der Waals surface area contributed by atoms with E-state index in [1.54, 1.807) is 22.5 Å². The molecule has 0 aromatic heterocycles. The fourth-order valence-electron chi connectivity index (χ4n) is 3.60. The molecule has 0 bridgehead atoms. The van der Waals surface area contributed by atoms with Crippen molar-refractivity contribution in [1.29, 1.82) is 0 Å². The zero-order valence-corrected chi connectivity index (χ0v) is 16.9. The molecule has 1 saturated heterocycles. The number of sulfonamides is 1. The monoisotopic (exact) mass is 427 g/mol. The summed E-state index contributed by atoms with van der Waals surface area (Å²) in [5.41, 5.74) is 1.55. The number of hydrogen-bond donors (Lipinski definition) is 0. The lowest BCUT2D eigenvalue weighted by molar-refractivity contribution is 0.171. The van der Waals surface area contributed by atoms with Crippen molar-refractivity contribution in [2.45, 2.75) is 24.6 Å². The Morgan fingerprint density at radius 3 is 2.56 bits per heavy atom. The lowest BCUT2D eigenvalue weighted by atomic mass is 10.0. The van der Waals surface area contributed by atoms with Gasteiger partial charge in [-0.25, -0.2) is 8.42 Å². The molecule has 2 aromatic carbocycles. The van der Waals surface area contributed by atoms with Crippen LogP contribution in [0.25, 0.3) is 0 Å². The summed E-state index contributed by atoms with van der Waals surface area (Å²) in [6, 6.07) is 10.4. The molecule has 0 N–H and O–H groups in total. The molecule has 0 amide bonds. The number of hydrogen-bond acceptors (Lipinski definition) is 4. The number of benzene rings is 2. The fourth-order valence-corrected chi connectivity index (χ4v) is 5.71. The van der Waals surface area contributed by atoms with Crippen LogP contribution in [-0.2, 0) is 15.8 Å². The summed E-state index contributed by atoms with van der Waals surface area (Å²) < 4.78 is 38.9. The number of nitrogens with zero attached hydrogens (tertiary/aromatic N) is 1. The standard InChI is InChI=1S/C19H19Cl2NO4S/c20-15-5-3-13(10-16(15)21)12-27(23,24)22-7-1-2-17(22)14-4-6-18-19(11-14)26-9-8-25-18/h3-6,10-11,17H,1-2,7-9,12H2. The number of fused-ring (bicyclic) bond motifs is 1. The van der Waals surface area contributed by atoms with Crippen molar-refractivity contribution in [3.63, 3.8) is 0 Å². The first-order chi connectivity index (χ1) is 12.9. The van der Waals surface area contributed by atoms with E-state index in [4.69, 9.17) is 32.7 Å². The minimum Gasteiger partial charge on any atom is -0.486 e.